The van der Waals surface area contributed by atoms with E-state index in [2.05, 4.69) is 44.9 Å². The van der Waals surface area contributed by atoms with Crippen LogP contribution in [0.1, 0.15) is 34.1 Å². The lowest BCUT2D eigenvalue weighted by atomic mass is 9.89. The van der Waals surface area contributed by atoms with Gasteiger partial charge in [0.2, 0.25) is 6.10 Å². The number of β-lactam (4-membered cyclic amide) rings is 1. The van der Waals surface area contributed by atoms with Crippen molar-refractivity contribution in [3.05, 3.63) is 180 Å². The van der Waals surface area contributed by atoms with Gasteiger partial charge in [-0.1, -0.05) is 101 Å². The largest absolute Gasteiger partial charge is 0.487 e. The number of ether oxygens (including phenoxy) is 3. The molecule has 2 unspecified atom stereocenters. The number of carbonyl (C=O) groups excluding carboxylic acids is 1. The van der Waals surface area contributed by atoms with Crippen molar-refractivity contribution in [2.45, 2.75) is 38.4 Å². The van der Waals surface area contributed by atoms with E-state index < -0.39 is 6.10 Å². The van der Waals surface area contributed by atoms with E-state index >= 15 is 0 Å². The smallest absolute Gasteiger partial charge is 0.271 e. The molecule has 2 atom stereocenters. The number of anilines is 1. The van der Waals surface area contributed by atoms with Crippen LogP contribution in [0.3, 0.4) is 0 Å². The molecule has 0 bridgehead atoms. The highest BCUT2D eigenvalue weighted by molar-refractivity contribution is 6.05. The summed E-state index contributed by atoms with van der Waals surface area (Å²) < 4.78 is 21.9. The van der Waals surface area contributed by atoms with Crippen LogP contribution in [0.2, 0.25) is 0 Å². The molecule has 1 fully saturated rings. The second kappa shape index (κ2) is 15.0. The molecule has 11 nitrogen and oxygen atoms in total. The second-order valence-electron chi connectivity index (χ2n) is 12.4. The molecule has 1 saturated heterocycles. The number of carbonyl (C=O) groups is 1. The van der Waals surface area contributed by atoms with Crippen molar-refractivity contribution in [1.29, 1.82) is 0 Å². The van der Waals surface area contributed by atoms with Crippen molar-refractivity contribution < 1.29 is 19.0 Å². The first-order valence-corrected chi connectivity index (χ1v) is 17.0. The molecule has 1 aliphatic heterocycles. The first kappa shape index (κ1) is 32.5. The molecule has 52 heavy (non-hydrogen) atoms. The Labute approximate surface area is 300 Å². The summed E-state index contributed by atoms with van der Waals surface area (Å²) in [4.78, 5) is 15.4. The number of benzene rings is 5. The van der Waals surface area contributed by atoms with Crippen LogP contribution < -0.4 is 19.1 Å². The van der Waals surface area contributed by atoms with Gasteiger partial charge < -0.3 is 14.2 Å². The molecule has 1 aliphatic rings. The maximum Gasteiger partial charge on any atom is 0.271 e. The highest BCUT2D eigenvalue weighted by Crippen LogP contribution is 2.42. The van der Waals surface area contributed by atoms with Crippen LogP contribution in [0, 0.1) is 0 Å². The quantitative estimate of drug-likeness (QED) is 0.117. The van der Waals surface area contributed by atoms with Crippen LogP contribution in [-0.4, -0.2) is 42.0 Å². The Bertz CT molecular complexity index is 2210. The lowest BCUT2D eigenvalue weighted by Gasteiger charge is -2.46. The maximum absolute atomic E-state index is 13.6. The highest BCUT2D eigenvalue weighted by Gasteiger charge is 2.51. The van der Waals surface area contributed by atoms with Gasteiger partial charge in [0.1, 0.15) is 47.9 Å². The van der Waals surface area contributed by atoms with E-state index in [-0.39, 0.29) is 25.2 Å². The fraction of sp³-hybridized carbons (Fsp3) is 0.146. The first-order valence-electron chi connectivity index (χ1n) is 17.0. The van der Waals surface area contributed by atoms with Crippen molar-refractivity contribution in [2.75, 3.05) is 4.90 Å². The molecule has 7 aromatic rings. The Morgan fingerprint density at radius 1 is 0.538 bits per heavy atom. The monoisotopic (exact) mass is 689 g/mol. The molecular formula is C41H35N7O4. The molecule has 0 aliphatic carbocycles. The Morgan fingerprint density at radius 3 is 1.54 bits per heavy atom. The predicted octanol–water partition coefficient (Wildman–Crippen LogP) is 6.66. The zero-order valence-corrected chi connectivity index (χ0v) is 28.2. The summed E-state index contributed by atoms with van der Waals surface area (Å²) in [5.74, 6) is 1.84. The first-order chi connectivity index (χ1) is 25.6. The third-order valence-electron chi connectivity index (χ3n) is 8.71. The molecule has 0 N–H and O–H groups in total. The summed E-state index contributed by atoms with van der Waals surface area (Å²) in [5, 5.41) is 17.0. The summed E-state index contributed by atoms with van der Waals surface area (Å²) in [6, 6.07) is 44.5. The molecule has 3 heterocycles. The number of amides is 1. The summed E-state index contributed by atoms with van der Waals surface area (Å²) >= 11 is 0. The number of hydrogen-bond acceptors (Lipinski definition) is 8. The number of hydrogen-bond donors (Lipinski definition) is 0. The summed E-state index contributed by atoms with van der Waals surface area (Å²) in [6.07, 6.45) is 3.08. The lowest BCUT2D eigenvalue weighted by molar-refractivity contribution is -0.135. The van der Waals surface area contributed by atoms with E-state index in [9.17, 15) is 4.79 Å². The van der Waals surface area contributed by atoms with Crippen molar-refractivity contribution in [1.82, 2.24) is 30.0 Å². The zero-order valence-electron chi connectivity index (χ0n) is 28.2. The summed E-state index contributed by atoms with van der Waals surface area (Å²) in [5.41, 5.74) is 5.40. The van der Waals surface area contributed by atoms with Gasteiger partial charge in [0.25, 0.3) is 5.91 Å². The van der Waals surface area contributed by atoms with Crippen molar-refractivity contribution in [3.63, 3.8) is 0 Å². The van der Waals surface area contributed by atoms with Crippen molar-refractivity contribution in [3.8, 4) is 17.2 Å². The van der Waals surface area contributed by atoms with Crippen LogP contribution in [0.4, 0.5) is 5.69 Å². The van der Waals surface area contributed by atoms with Gasteiger partial charge in [-0.15, -0.1) is 10.2 Å². The van der Waals surface area contributed by atoms with E-state index in [1.165, 1.54) is 0 Å². The molecule has 0 radical (unpaired) electrons. The molecule has 1 amide bonds. The van der Waals surface area contributed by atoms with Gasteiger partial charge in [0.05, 0.1) is 25.5 Å². The van der Waals surface area contributed by atoms with Gasteiger partial charge >= 0.3 is 0 Å². The average Bonchev–Trinajstić information content (AvgIpc) is 3.85. The van der Waals surface area contributed by atoms with Crippen molar-refractivity contribution in [2.24, 2.45) is 0 Å². The van der Waals surface area contributed by atoms with Crippen LogP contribution in [0.25, 0.3) is 0 Å². The minimum Gasteiger partial charge on any atom is -0.487 e. The molecule has 0 spiro atoms. The van der Waals surface area contributed by atoms with Gasteiger partial charge in [0, 0.05) is 5.69 Å². The fourth-order valence-electron chi connectivity index (χ4n) is 6.12. The predicted molar refractivity (Wildman–Crippen MR) is 194 cm³/mol. The molecular weight excluding hydrogens is 654 g/mol. The minimum atomic E-state index is -0.691. The van der Waals surface area contributed by atoms with Gasteiger partial charge in [-0.3, -0.25) is 9.69 Å². The van der Waals surface area contributed by atoms with E-state index in [4.69, 9.17) is 14.2 Å². The third-order valence-corrected chi connectivity index (χ3v) is 8.71. The number of nitrogens with zero attached hydrogens (tertiary/aromatic N) is 7. The zero-order chi connectivity index (χ0) is 35.1. The van der Waals surface area contributed by atoms with Gasteiger partial charge in [-0.2, -0.15) is 0 Å². The van der Waals surface area contributed by atoms with Crippen molar-refractivity contribution >= 4 is 11.6 Å². The standard InChI is InChI=1S/C41H35N7O4/c49-41-40(52-38-14-8-3-9-15-38)39(32-16-20-36(21-17-32)50-28-33-26-46(44-42-33)24-30-10-4-1-5-11-30)48(41)35-18-22-37(23-19-35)51-29-34-27-47(45-43-34)25-31-12-6-2-7-13-31/h1-23,26-27,39-40H,24-25,28-29H2. The summed E-state index contributed by atoms with van der Waals surface area (Å²) in [6.45, 7) is 1.83. The van der Waals surface area contributed by atoms with E-state index in [0.29, 0.717) is 30.3 Å². The molecule has 2 aromatic heterocycles. The molecule has 8 rings (SSSR count). The third kappa shape index (κ3) is 7.53. The van der Waals surface area contributed by atoms with Crippen LogP contribution in [0.5, 0.6) is 17.2 Å². The van der Waals surface area contributed by atoms with Crippen LogP contribution in [0.15, 0.2) is 152 Å². The SMILES string of the molecule is O=C1C(Oc2ccccc2)C(c2ccc(OCc3cn(Cc4ccccc4)nn3)cc2)N1c1ccc(OCc2cn(Cc3ccccc3)nn2)cc1. The number of aromatic nitrogens is 6. The molecule has 5 aromatic carbocycles. The molecule has 258 valence electrons. The Balaban J connectivity index is 0.923. The fourth-order valence-corrected chi connectivity index (χ4v) is 6.12. The van der Waals surface area contributed by atoms with Gasteiger partial charge in [-0.05, 0) is 65.2 Å². The second-order valence-corrected chi connectivity index (χ2v) is 12.4. The Hall–Kier alpha value is -6.75. The Morgan fingerprint density at radius 2 is 1.02 bits per heavy atom. The minimum absolute atomic E-state index is 0.128. The maximum atomic E-state index is 13.6. The van der Waals surface area contributed by atoms with E-state index in [1.54, 1.807) is 14.3 Å². The number of para-hydroxylation sites is 1. The normalized spacial score (nSPS) is 15.2. The summed E-state index contributed by atoms with van der Waals surface area (Å²) in [7, 11) is 0. The van der Waals surface area contributed by atoms with Gasteiger partial charge in [0.15, 0.2) is 0 Å². The average molecular weight is 690 g/mol. The number of rotatable bonds is 14. The van der Waals surface area contributed by atoms with E-state index in [0.717, 1.165) is 33.8 Å². The van der Waals surface area contributed by atoms with Crippen LogP contribution in [-0.2, 0) is 31.1 Å². The Kier molecular flexibility index (Phi) is 9.37. The van der Waals surface area contributed by atoms with E-state index in [1.807, 2.05) is 128 Å². The molecule has 11 heteroatoms. The highest BCUT2D eigenvalue weighted by atomic mass is 16.5. The van der Waals surface area contributed by atoms with Crippen LogP contribution >= 0.6 is 0 Å². The topological polar surface area (TPSA) is 109 Å². The lowest BCUT2D eigenvalue weighted by Crippen LogP contribution is -2.61. The molecule has 0 saturated carbocycles. The van der Waals surface area contributed by atoms with Gasteiger partial charge in [-0.25, -0.2) is 9.36 Å².